The standard InChI is InChI=1S/C22H20ClN3O4S/c1-15(27)25-18-10-12-19(13-11-18)31(29,30)24-14-16-6-8-17(9-7-16)22(28)26-21-5-3-2-4-20(21)23/h2-13,24H,14H2,1H3,(H,25,27)(H,26,28). The van der Waals surface area contributed by atoms with Gasteiger partial charge in [0.15, 0.2) is 0 Å². The Hall–Kier alpha value is -3.20. The predicted molar refractivity (Wildman–Crippen MR) is 121 cm³/mol. The number of benzene rings is 3. The first kappa shape index (κ1) is 22.5. The molecule has 2 amide bonds. The Kier molecular flexibility index (Phi) is 7.06. The van der Waals surface area contributed by atoms with Gasteiger partial charge in [0.2, 0.25) is 15.9 Å². The molecule has 0 heterocycles. The fourth-order valence-electron chi connectivity index (χ4n) is 2.71. The van der Waals surface area contributed by atoms with E-state index in [-0.39, 0.29) is 23.3 Å². The molecule has 0 bridgehead atoms. The van der Waals surface area contributed by atoms with Crippen molar-refractivity contribution in [2.24, 2.45) is 0 Å². The summed E-state index contributed by atoms with van der Waals surface area (Å²) >= 11 is 6.05. The summed E-state index contributed by atoms with van der Waals surface area (Å²) in [7, 11) is -3.73. The quantitative estimate of drug-likeness (QED) is 0.498. The summed E-state index contributed by atoms with van der Waals surface area (Å²) in [6, 6.07) is 19.3. The van der Waals surface area contributed by atoms with Gasteiger partial charge in [-0.2, -0.15) is 0 Å². The lowest BCUT2D eigenvalue weighted by Crippen LogP contribution is -2.23. The molecule has 0 spiro atoms. The number of carbonyl (C=O) groups is 2. The van der Waals surface area contributed by atoms with Gasteiger partial charge in [-0.25, -0.2) is 13.1 Å². The van der Waals surface area contributed by atoms with Gasteiger partial charge in [0, 0.05) is 24.7 Å². The summed E-state index contributed by atoms with van der Waals surface area (Å²) < 4.78 is 27.5. The number of nitrogens with one attached hydrogen (secondary N) is 3. The second kappa shape index (κ2) is 9.74. The minimum atomic E-state index is -3.73. The van der Waals surface area contributed by atoms with Crippen molar-refractivity contribution in [1.29, 1.82) is 0 Å². The van der Waals surface area contributed by atoms with Gasteiger partial charge in [-0.3, -0.25) is 9.59 Å². The first-order valence-electron chi connectivity index (χ1n) is 9.27. The number of anilines is 2. The molecule has 0 fully saturated rings. The normalized spacial score (nSPS) is 11.0. The van der Waals surface area contributed by atoms with Gasteiger partial charge in [-0.05, 0) is 54.1 Å². The number of sulfonamides is 1. The van der Waals surface area contributed by atoms with Crippen LogP contribution >= 0.6 is 11.6 Å². The molecule has 0 aliphatic rings. The van der Waals surface area contributed by atoms with E-state index in [1.165, 1.54) is 31.2 Å². The van der Waals surface area contributed by atoms with Crippen LogP contribution in [-0.2, 0) is 21.4 Å². The summed E-state index contributed by atoms with van der Waals surface area (Å²) in [6.45, 7) is 1.43. The smallest absolute Gasteiger partial charge is 0.255 e. The topological polar surface area (TPSA) is 104 Å². The zero-order valence-electron chi connectivity index (χ0n) is 16.6. The molecule has 0 saturated heterocycles. The zero-order chi connectivity index (χ0) is 22.4. The Morgan fingerprint density at radius 1 is 0.871 bits per heavy atom. The number of rotatable bonds is 7. The molecule has 0 unspecified atom stereocenters. The molecule has 3 aromatic carbocycles. The van der Waals surface area contributed by atoms with Gasteiger partial charge >= 0.3 is 0 Å². The monoisotopic (exact) mass is 457 g/mol. The third kappa shape index (κ3) is 6.14. The largest absolute Gasteiger partial charge is 0.326 e. The highest BCUT2D eigenvalue weighted by atomic mass is 35.5. The summed E-state index contributed by atoms with van der Waals surface area (Å²) in [4.78, 5) is 23.5. The molecule has 0 aromatic heterocycles. The van der Waals surface area contributed by atoms with Crippen LogP contribution in [0.4, 0.5) is 11.4 Å². The van der Waals surface area contributed by atoms with Crippen molar-refractivity contribution in [2.75, 3.05) is 10.6 Å². The van der Waals surface area contributed by atoms with Crippen LogP contribution in [0.5, 0.6) is 0 Å². The Morgan fingerprint density at radius 2 is 1.52 bits per heavy atom. The van der Waals surface area contributed by atoms with E-state index < -0.39 is 10.0 Å². The highest BCUT2D eigenvalue weighted by Gasteiger charge is 2.14. The second-order valence-electron chi connectivity index (χ2n) is 6.66. The average Bonchev–Trinajstić information content (AvgIpc) is 2.74. The molecule has 3 rings (SSSR count). The van der Waals surface area contributed by atoms with Crippen molar-refractivity contribution in [3.63, 3.8) is 0 Å². The first-order valence-corrected chi connectivity index (χ1v) is 11.1. The van der Waals surface area contributed by atoms with E-state index in [9.17, 15) is 18.0 Å². The van der Waals surface area contributed by atoms with Crippen molar-refractivity contribution in [3.05, 3.63) is 88.9 Å². The molecule has 0 aliphatic heterocycles. The van der Waals surface area contributed by atoms with Gasteiger partial charge in [0.25, 0.3) is 5.91 Å². The average molecular weight is 458 g/mol. The van der Waals surface area contributed by atoms with Crippen LogP contribution in [-0.4, -0.2) is 20.2 Å². The van der Waals surface area contributed by atoms with Crippen molar-refractivity contribution >= 4 is 44.8 Å². The maximum Gasteiger partial charge on any atom is 0.255 e. The number of amides is 2. The fourth-order valence-corrected chi connectivity index (χ4v) is 3.91. The molecule has 7 nitrogen and oxygen atoms in total. The molecule has 3 N–H and O–H groups in total. The van der Waals surface area contributed by atoms with E-state index in [1.807, 2.05) is 0 Å². The first-order chi connectivity index (χ1) is 14.7. The van der Waals surface area contributed by atoms with Crippen molar-refractivity contribution < 1.29 is 18.0 Å². The number of para-hydroxylation sites is 1. The third-order valence-corrected chi connectivity index (χ3v) is 6.04. The van der Waals surface area contributed by atoms with Crippen molar-refractivity contribution in [3.8, 4) is 0 Å². The molecule has 3 aromatic rings. The van der Waals surface area contributed by atoms with E-state index >= 15 is 0 Å². The Morgan fingerprint density at radius 3 is 2.13 bits per heavy atom. The lowest BCUT2D eigenvalue weighted by molar-refractivity contribution is -0.114. The van der Waals surface area contributed by atoms with Gasteiger partial charge < -0.3 is 10.6 Å². The van der Waals surface area contributed by atoms with Crippen LogP contribution in [0.2, 0.25) is 5.02 Å². The van der Waals surface area contributed by atoms with Crippen molar-refractivity contribution in [2.45, 2.75) is 18.4 Å². The maximum atomic E-state index is 12.5. The molecular formula is C22H20ClN3O4S. The second-order valence-corrected chi connectivity index (χ2v) is 8.84. The SMILES string of the molecule is CC(=O)Nc1ccc(S(=O)(=O)NCc2ccc(C(=O)Nc3ccccc3Cl)cc2)cc1. The fraction of sp³-hybridized carbons (Fsp3) is 0.0909. The number of hydrogen-bond acceptors (Lipinski definition) is 4. The van der Waals surface area contributed by atoms with E-state index in [1.54, 1.807) is 48.5 Å². The number of carbonyl (C=O) groups excluding carboxylic acids is 2. The molecular weight excluding hydrogens is 438 g/mol. The van der Waals surface area contributed by atoms with E-state index in [0.717, 1.165) is 0 Å². The van der Waals surface area contributed by atoms with E-state index in [4.69, 9.17) is 11.6 Å². The van der Waals surface area contributed by atoms with Crippen LogP contribution < -0.4 is 15.4 Å². The molecule has 0 aliphatic carbocycles. The number of halogens is 1. The summed E-state index contributed by atoms with van der Waals surface area (Å²) in [5, 5.41) is 5.75. The predicted octanol–water partition coefficient (Wildman–Crippen LogP) is 4.03. The van der Waals surface area contributed by atoms with Gasteiger partial charge in [0.1, 0.15) is 0 Å². The van der Waals surface area contributed by atoms with Gasteiger partial charge in [-0.15, -0.1) is 0 Å². The number of hydrogen-bond donors (Lipinski definition) is 3. The zero-order valence-corrected chi connectivity index (χ0v) is 18.1. The van der Waals surface area contributed by atoms with Gasteiger partial charge in [-0.1, -0.05) is 35.9 Å². The Bertz CT molecular complexity index is 1190. The Balaban J connectivity index is 1.61. The minimum absolute atomic E-state index is 0.0577. The van der Waals surface area contributed by atoms with Crippen LogP contribution in [0.25, 0.3) is 0 Å². The third-order valence-electron chi connectivity index (χ3n) is 4.29. The molecule has 31 heavy (non-hydrogen) atoms. The summed E-state index contributed by atoms with van der Waals surface area (Å²) in [6.07, 6.45) is 0. The van der Waals surface area contributed by atoms with E-state index in [0.29, 0.717) is 27.5 Å². The van der Waals surface area contributed by atoms with Crippen LogP contribution in [0.1, 0.15) is 22.8 Å². The molecule has 160 valence electrons. The van der Waals surface area contributed by atoms with Crippen LogP contribution in [0, 0.1) is 0 Å². The molecule has 0 radical (unpaired) electrons. The van der Waals surface area contributed by atoms with Crippen molar-refractivity contribution in [1.82, 2.24) is 4.72 Å². The lowest BCUT2D eigenvalue weighted by atomic mass is 10.1. The highest BCUT2D eigenvalue weighted by molar-refractivity contribution is 7.89. The highest BCUT2D eigenvalue weighted by Crippen LogP contribution is 2.21. The molecule has 0 saturated carbocycles. The van der Waals surface area contributed by atoms with Crippen LogP contribution in [0.15, 0.2) is 77.7 Å². The lowest BCUT2D eigenvalue weighted by Gasteiger charge is -2.09. The van der Waals surface area contributed by atoms with Gasteiger partial charge in [0.05, 0.1) is 15.6 Å². The summed E-state index contributed by atoms with van der Waals surface area (Å²) in [5.74, 6) is -0.558. The molecule has 9 heteroatoms. The minimum Gasteiger partial charge on any atom is -0.326 e. The maximum absolute atomic E-state index is 12.5. The Labute approximate surface area is 185 Å². The summed E-state index contributed by atoms with van der Waals surface area (Å²) in [5.41, 5.74) is 2.13. The van der Waals surface area contributed by atoms with Crippen LogP contribution in [0.3, 0.4) is 0 Å². The van der Waals surface area contributed by atoms with E-state index in [2.05, 4.69) is 15.4 Å². The molecule has 0 atom stereocenters.